The number of likely N-dealkylation sites (tertiary alicyclic amines) is 1. The normalized spacial score (nSPS) is 28.6. The van der Waals surface area contributed by atoms with E-state index in [2.05, 4.69) is 9.80 Å². The second-order valence-corrected chi connectivity index (χ2v) is 4.47. The number of hydrogen-bond donors (Lipinski definition) is 1. The molecule has 0 spiro atoms. The van der Waals surface area contributed by atoms with E-state index >= 15 is 0 Å². The first-order valence-electron chi connectivity index (χ1n) is 5.10. The van der Waals surface area contributed by atoms with Crippen molar-refractivity contribution in [1.29, 1.82) is 0 Å². The summed E-state index contributed by atoms with van der Waals surface area (Å²) in [6, 6.07) is 0. The predicted octanol–water partition coefficient (Wildman–Crippen LogP) is 0.487. The zero-order chi connectivity index (χ0) is 10.8. The monoisotopic (exact) mass is 200 g/mol. The van der Waals surface area contributed by atoms with Crippen molar-refractivity contribution in [2.24, 2.45) is 0 Å². The van der Waals surface area contributed by atoms with Crippen molar-refractivity contribution in [3.05, 3.63) is 0 Å². The summed E-state index contributed by atoms with van der Waals surface area (Å²) in [6.45, 7) is 4.51. The smallest absolute Gasteiger partial charge is 0.323 e. The van der Waals surface area contributed by atoms with Gasteiger partial charge in [-0.05, 0) is 40.4 Å². The Morgan fingerprint density at radius 2 is 2.21 bits per heavy atom. The second kappa shape index (κ2) is 4.28. The minimum atomic E-state index is -0.686. The Morgan fingerprint density at radius 1 is 1.57 bits per heavy atom. The predicted molar refractivity (Wildman–Crippen MR) is 55.4 cm³/mol. The van der Waals surface area contributed by atoms with Crippen molar-refractivity contribution in [2.45, 2.75) is 25.3 Å². The molecule has 0 aromatic rings. The van der Waals surface area contributed by atoms with E-state index in [1.165, 1.54) is 0 Å². The number of hydrogen-bond acceptors (Lipinski definition) is 3. The fourth-order valence-electron chi connectivity index (χ4n) is 1.94. The summed E-state index contributed by atoms with van der Waals surface area (Å²) in [5.41, 5.74) is -0.629. The van der Waals surface area contributed by atoms with E-state index in [1.54, 1.807) is 0 Å². The Hall–Kier alpha value is -0.610. The first-order chi connectivity index (χ1) is 6.47. The number of carboxylic acids is 1. The molecule has 14 heavy (non-hydrogen) atoms. The highest BCUT2D eigenvalue weighted by Crippen LogP contribution is 2.28. The maximum absolute atomic E-state index is 11.1. The molecule has 4 nitrogen and oxygen atoms in total. The van der Waals surface area contributed by atoms with Crippen molar-refractivity contribution >= 4 is 5.97 Å². The van der Waals surface area contributed by atoms with Gasteiger partial charge in [0.1, 0.15) is 5.54 Å². The molecule has 0 aromatic heterocycles. The number of rotatable bonds is 4. The van der Waals surface area contributed by atoms with Crippen molar-refractivity contribution in [3.63, 3.8) is 0 Å². The van der Waals surface area contributed by atoms with Crippen LogP contribution >= 0.6 is 0 Å². The van der Waals surface area contributed by atoms with Crippen LogP contribution in [-0.2, 0) is 4.79 Å². The lowest BCUT2D eigenvalue weighted by molar-refractivity contribution is -0.148. The summed E-state index contributed by atoms with van der Waals surface area (Å²) >= 11 is 0. The molecule has 1 atom stereocenters. The summed E-state index contributed by atoms with van der Waals surface area (Å²) in [7, 11) is 4.02. The summed E-state index contributed by atoms with van der Waals surface area (Å²) in [4.78, 5) is 15.3. The van der Waals surface area contributed by atoms with Gasteiger partial charge in [-0.15, -0.1) is 0 Å². The van der Waals surface area contributed by atoms with Gasteiger partial charge in [-0.1, -0.05) is 0 Å². The van der Waals surface area contributed by atoms with Gasteiger partial charge in [0.2, 0.25) is 0 Å². The van der Waals surface area contributed by atoms with Crippen LogP contribution in [0.4, 0.5) is 0 Å². The summed E-state index contributed by atoms with van der Waals surface area (Å²) in [5.74, 6) is -0.686. The maximum Gasteiger partial charge on any atom is 0.323 e. The Bertz CT molecular complexity index is 218. The minimum absolute atomic E-state index is 0.629. The van der Waals surface area contributed by atoms with Gasteiger partial charge in [0.05, 0.1) is 0 Å². The van der Waals surface area contributed by atoms with Gasteiger partial charge in [-0.2, -0.15) is 0 Å². The molecular weight excluding hydrogens is 180 g/mol. The Labute approximate surface area is 85.5 Å². The molecule has 4 heteroatoms. The molecule has 0 amide bonds. The van der Waals surface area contributed by atoms with Crippen molar-refractivity contribution < 1.29 is 9.90 Å². The SMILES string of the molecule is CN(C)CCN1CCCC1(C)C(=O)O. The number of nitrogens with zero attached hydrogens (tertiary/aromatic N) is 2. The standard InChI is InChI=1S/C10H20N2O2/c1-10(9(13)14)5-4-6-12(10)8-7-11(2)3/h4-8H2,1-3H3,(H,13,14). The minimum Gasteiger partial charge on any atom is -0.480 e. The van der Waals surface area contributed by atoms with Crippen LogP contribution in [0.5, 0.6) is 0 Å². The van der Waals surface area contributed by atoms with E-state index < -0.39 is 11.5 Å². The van der Waals surface area contributed by atoms with E-state index in [1.807, 2.05) is 21.0 Å². The van der Waals surface area contributed by atoms with Crippen LogP contribution in [0.2, 0.25) is 0 Å². The molecule has 1 unspecified atom stereocenters. The van der Waals surface area contributed by atoms with Crippen LogP contribution in [0.1, 0.15) is 19.8 Å². The largest absolute Gasteiger partial charge is 0.480 e. The lowest BCUT2D eigenvalue weighted by Gasteiger charge is -2.31. The molecule has 1 rings (SSSR count). The number of carboxylic acid groups (broad SMARTS) is 1. The van der Waals surface area contributed by atoms with Gasteiger partial charge in [-0.3, -0.25) is 9.69 Å². The van der Waals surface area contributed by atoms with Crippen LogP contribution in [0, 0.1) is 0 Å². The van der Waals surface area contributed by atoms with E-state index in [-0.39, 0.29) is 0 Å². The Balaban J connectivity index is 2.55. The lowest BCUT2D eigenvalue weighted by atomic mass is 9.99. The molecular formula is C10H20N2O2. The number of aliphatic carboxylic acids is 1. The molecule has 1 aliphatic rings. The topological polar surface area (TPSA) is 43.8 Å². The number of likely N-dealkylation sites (N-methyl/N-ethyl adjacent to an activating group) is 1. The van der Waals surface area contributed by atoms with E-state index in [4.69, 9.17) is 5.11 Å². The molecule has 0 bridgehead atoms. The molecule has 1 fully saturated rings. The van der Waals surface area contributed by atoms with E-state index in [9.17, 15) is 4.79 Å². The van der Waals surface area contributed by atoms with Gasteiger partial charge in [0.25, 0.3) is 0 Å². The summed E-state index contributed by atoms with van der Waals surface area (Å²) in [6.07, 6.45) is 1.77. The first kappa shape index (κ1) is 11.5. The van der Waals surface area contributed by atoms with Crippen LogP contribution in [0.3, 0.4) is 0 Å². The quantitative estimate of drug-likeness (QED) is 0.717. The maximum atomic E-state index is 11.1. The molecule has 0 saturated carbocycles. The average Bonchev–Trinajstić information content (AvgIpc) is 2.45. The molecule has 1 aliphatic heterocycles. The van der Waals surface area contributed by atoms with Crippen molar-refractivity contribution in [2.75, 3.05) is 33.7 Å². The molecule has 1 heterocycles. The molecule has 0 aromatic carbocycles. The van der Waals surface area contributed by atoms with Gasteiger partial charge in [0, 0.05) is 13.1 Å². The molecule has 82 valence electrons. The van der Waals surface area contributed by atoms with Crippen LogP contribution in [0.25, 0.3) is 0 Å². The molecule has 1 saturated heterocycles. The Kier molecular flexibility index (Phi) is 3.50. The first-order valence-corrected chi connectivity index (χ1v) is 5.10. The molecule has 0 radical (unpaired) electrons. The summed E-state index contributed by atoms with van der Waals surface area (Å²) < 4.78 is 0. The van der Waals surface area contributed by atoms with Crippen LogP contribution in [-0.4, -0.2) is 60.1 Å². The fraction of sp³-hybridized carbons (Fsp3) is 0.900. The third-order valence-corrected chi connectivity index (χ3v) is 3.07. The highest BCUT2D eigenvalue weighted by atomic mass is 16.4. The Morgan fingerprint density at radius 3 is 2.71 bits per heavy atom. The van der Waals surface area contributed by atoms with Gasteiger partial charge in [0.15, 0.2) is 0 Å². The third kappa shape index (κ3) is 2.25. The second-order valence-electron chi connectivity index (χ2n) is 4.47. The third-order valence-electron chi connectivity index (χ3n) is 3.07. The van der Waals surface area contributed by atoms with Gasteiger partial charge < -0.3 is 10.0 Å². The van der Waals surface area contributed by atoms with Gasteiger partial charge >= 0.3 is 5.97 Å². The van der Waals surface area contributed by atoms with Crippen molar-refractivity contribution in [3.8, 4) is 0 Å². The average molecular weight is 200 g/mol. The van der Waals surface area contributed by atoms with Gasteiger partial charge in [-0.25, -0.2) is 0 Å². The van der Waals surface area contributed by atoms with Crippen LogP contribution < -0.4 is 0 Å². The van der Waals surface area contributed by atoms with E-state index in [0.29, 0.717) is 0 Å². The summed E-state index contributed by atoms with van der Waals surface area (Å²) in [5, 5.41) is 9.15. The molecule has 0 aliphatic carbocycles. The lowest BCUT2D eigenvalue weighted by Crippen LogP contribution is -2.49. The van der Waals surface area contributed by atoms with Crippen LogP contribution in [0.15, 0.2) is 0 Å². The molecule has 1 N–H and O–H groups in total. The highest BCUT2D eigenvalue weighted by Gasteiger charge is 2.42. The zero-order valence-corrected chi connectivity index (χ0v) is 9.29. The van der Waals surface area contributed by atoms with Crippen molar-refractivity contribution in [1.82, 2.24) is 9.80 Å². The van der Waals surface area contributed by atoms with E-state index in [0.717, 1.165) is 32.5 Å². The zero-order valence-electron chi connectivity index (χ0n) is 9.29. The highest BCUT2D eigenvalue weighted by molar-refractivity contribution is 5.78. The number of carbonyl (C=O) groups is 1. The fourth-order valence-corrected chi connectivity index (χ4v) is 1.94.